The number of anilines is 1. The Labute approximate surface area is 158 Å². The predicted molar refractivity (Wildman–Crippen MR) is 99.2 cm³/mol. The molecule has 0 radical (unpaired) electrons. The molecule has 1 amide bonds. The van der Waals surface area contributed by atoms with E-state index in [-0.39, 0.29) is 17.0 Å². The van der Waals surface area contributed by atoms with E-state index in [9.17, 15) is 13.2 Å². The number of hydrogen-bond acceptors (Lipinski definition) is 5. The summed E-state index contributed by atoms with van der Waals surface area (Å²) in [4.78, 5) is 18.9. The van der Waals surface area contributed by atoms with Crippen molar-refractivity contribution in [3.63, 3.8) is 0 Å². The number of carbonyl (C=O) groups excluding carboxylic acids is 1. The third kappa shape index (κ3) is 3.51. The number of rotatable bonds is 3. The molecule has 2 aromatic rings. The highest BCUT2D eigenvalue weighted by Crippen LogP contribution is 2.31. The van der Waals surface area contributed by atoms with Gasteiger partial charge in [0, 0.05) is 37.9 Å². The zero-order valence-corrected chi connectivity index (χ0v) is 15.9. The smallest absolute Gasteiger partial charge is 0.280 e. The normalized spacial score (nSPS) is 20.1. The van der Waals surface area contributed by atoms with E-state index < -0.39 is 10.0 Å². The van der Waals surface area contributed by atoms with Gasteiger partial charge in [-0.1, -0.05) is 0 Å². The lowest BCUT2D eigenvalue weighted by atomic mass is 9.97. The fourth-order valence-corrected chi connectivity index (χ4v) is 4.68. The van der Waals surface area contributed by atoms with Gasteiger partial charge >= 0.3 is 0 Å². The Kier molecular flexibility index (Phi) is 4.55. The lowest BCUT2D eigenvalue weighted by molar-refractivity contribution is 0.0548. The van der Waals surface area contributed by atoms with Crippen LogP contribution in [0.1, 0.15) is 36.0 Å². The van der Waals surface area contributed by atoms with Crippen LogP contribution in [0.3, 0.4) is 0 Å². The van der Waals surface area contributed by atoms with Crippen molar-refractivity contribution in [2.75, 3.05) is 17.9 Å². The molecule has 0 bridgehead atoms. The Bertz CT molecular complexity index is 969. The Morgan fingerprint density at radius 2 is 2.11 bits per heavy atom. The van der Waals surface area contributed by atoms with Gasteiger partial charge in [0.05, 0.1) is 18.5 Å². The third-order valence-electron chi connectivity index (χ3n) is 5.02. The fraction of sp³-hybridized carbons (Fsp3) is 0.444. The second-order valence-electron chi connectivity index (χ2n) is 6.98. The highest BCUT2D eigenvalue weighted by atomic mass is 32.2. The van der Waals surface area contributed by atoms with Crippen molar-refractivity contribution in [1.82, 2.24) is 14.5 Å². The first-order valence-electron chi connectivity index (χ1n) is 9.03. The summed E-state index contributed by atoms with van der Waals surface area (Å²) in [5, 5.41) is -0.0737. The first-order valence-corrected chi connectivity index (χ1v) is 10.5. The third-order valence-corrected chi connectivity index (χ3v) is 6.28. The molecule has 1 aromatic heterocycles. The summed E-state index contributed by atoms with van der Waals surface area (Å²) < 4.78 is 34.8. The van der Waals surface area contributed by atoms with Gasteiger partial charge < -0.3 is 14.2 Å². The Morgan fingerprint density at radius 1 is 1.26 bits per heavy atom. The van der Waals surface area contributed by atoms with Gasteiger partial charge in [-0.2, -0.15) is 8.42 Å². The number of amides is 1. The molecule has 1 saturated heterocycles. The van der Waals surface area contributed by atoms with Gasteiger partial charge in [0.25, 0.3) is 15.9 Å². The van der Waals surface area contributed by atoms with Crippen LogP contribution in [-0.2, 0) is 17.1 Å². The molecule has 2 aliphatic rings. The maximum atomic E-state index is 13.1. The van der Waals surface area contributed by atoms with Crippen LogP contribution in [0.4, 0.5) is 5.69 Å². The number of carbonyl (C=O) groups is 1. The van der Waals surface area contributed by atoms with E-state index in [4.69, 9.17) is 4.74 Å². The van der Waals surface area contributed by atoms with Crippen LogP contribution in [0.25, 0.3) is 0 Å². The molecule has 4 rings (SSSR count). The number of benzene rings is 1. The molecule has 1 atom stereocenters. The molecule has 0 spiro atoms. The fourth-order valence-electron chi connectivity index (χ4n) is 3.65. The highest BCUT2D eigenvalue weighted by Gasteiger charge is 2.31. The molecular weight excluding hydrogens is 368 g/mol. The lowest BCUT2D eigenvalue weighted by Crippen LogP contribution is -2.45. The van der Waals surface area contributed by atoms with E-state index in [2.05, 4.69) is 9.71 Å². The van der Waals surface area contributed by atoms with Gasteiger partial charge in [0.1, 0.15) is 5.75 Å². The zero-order valence-electron chi connectivity index (χ0n) is 15.1. The second-order valence-corrected chi connectivity index (χ2v) is 8.61. The Balaban J connectivity index is 1.65. The standard InChI is InChI=1S/C18H22N4O4S/c1-21-11-17(19-12-21)27(24,25)20-13-5-6-16-15(10-13)18(23)22-8-3-2-4-14(22)7-9-26-16/h5-6,10-12,14,20H,2-4,7-9H2,1H3/t14-/m1/s1. The molecule has 1 N–H and O–H groups in total. The van der Waals surface area contributed by atoms with E-state index in [1.165, 1.54) is 12.5 Å². The minimum atomic E-state index is -3.82. The number of imidazole rings is 1. The number of nitrogens with zero attached hydrogens (tertiary/aromatic N) is 3. The van der Waals surface area contributed by atoms with E-state index in [1.54, 1.807) is 29.8 Å². The number of sulfonamides is 1. The van der Waals surface area contributed by atoms with Crippen molar-refractivity contribution >= 4 is 21.6 Å². The highest BCUT2D eigenvalue weighted by molar-refractivity contribution is 7.92. The number of ether oxygens (including phenoxy) is 1. The summed E-state index contributed by atoms with van der Waals surface area (Å²) in [5.74, 6) is 0.387. The van der Waals surface area contributed by atoms with Crippen LogP contribution in [0.15, 0.2) is 35.7 Å². The lowest BCUT2D eigenvalue weighted by Gasteiger charge is -2.37. The molecule has 1 fully saturated rings. The summed E-state index contributed by atoms with van der Waals surface area (Å²) >= 11 is 0. The van der Waals surface area contributed by atoms with E-state index in [0.29, 0.717) is 23.6 Å². The maximum Gasteiger partial charge on any atom is 0.280 e. The van der Waals surface area contributed by atoms with E-state index in [0.717, 1.165) is 32.2 Å². The van der Waals surface area contributed by atoms with Crippen molar-refractivity contribution in [3.05, 3.63) is 36.3 Å². The molecule has 8 nitrogen and oxygen atoms in total. The number of piperidine rings is 1. The van der Waals surface area contributed by atoms with Gasteiger partial charge in [-0.25, -0.2) is 4.98 Å². The largest absolute Gasteiger partial charge is 0.493 e. The van der Waals surface area contributed by atoms with Gasteiger partial charge in [-0.3, -0.25) is 9.52 Å². The predicted octanol–water partition coefficient (Wildman–Crippen LogP) is 2.00. The van der Waals surface area contributed by atoms with Gasteiger partial charge in [0.15, 0.2) is 5.03 Å². The van der Waals surface area contributed by atoms with Crippen LogP contribution >= 0.6 is 0 Å². The zero-order chi connectivity index (χ0) is 19.0. The second kappa shape index (κ2) is 6.88. The molecule has 9 heteroatoms. The van der Waals surface area contributed by atoms with Crippen molar-refractivity contribution < 1.29 is 17.9 Å². The summed E-state index contributed by atoms with van der Waals surface area (Å²) in [6, 6.07) is 4.98. The van der Waals surface area contributed by atoms with Crippen molar-refractivity contribution in [2.45, 2.75) is 36.8 Å². The average Bonchev–Trinajstić information content (AvgIpc) is 3.08. The van der Waals surface area contributed by atoms with E-state index >= 15 is 0 Å². The molecule has 3 heterocycles. The number of aryl methyl sites for hydroxylation is 1. The van der Waals surface area contributed by atoms with Crippen LogP contribution in [0, 0.1) is 0 Å². The first kappa shape index (κ1) is 17.8. The van der Waals surface area contributed by atoms with Gasteiger partial charge in [-0.05, 0) is 37.5 Å². The summed E-state index contributed by atoms with van der Waals surface area (Å²) in [5.41, 5.74) is 0.702. The quantitative estimate of drug-likeness (QED) is 0.865. The van der Waals surface area contributed by atoms with Crippen molar-refractivity contribution in [2.24, 2.45) is 7.05 Å². The van der Waals surface area contributed by atoms with E-state index in [1.807, 2.05) is 4.90 Å². The maximum absolute atomic E-state index is 13.1. The Morgan fingerprint density at radius 3 is 2.89 bits per heavy atom. The minimum Gasteiger partial charge on any atom is -0.493 e. The summed E-state index contributed by atoms with van der Waals surface area (Å²) in [6.45, 7) is 1.27. The molecular formula is C18H22N4O4S. The topological polar surface area (TPSA) is 93.5 Å². The van der Waals surface area contributed by atoms with Crippen molar-refractivity contribution in [3.8, 4) is 5.75 Å². The van der Waals surface area contributed by atoms with Crippen molar-refractivity contribution in [1.29, 1.82) is 0 Å². The summed E-state index contributed by atoms with van der Waals surface area (Å²) in [7, 11) is -2.13. The minimum absolute atomic E-state index is 0.0737. The van der Waals surface area contributed by atoms with Crippen LogP contribution in [0.5, 0.6) is 5.75 Å². The summed E-state index contributed by atoms with van der Waals surface area (Å²) in [6.07, 6.45) is 6.75. The number of nitrogens with one attached hydrogen (secondary N) is 1. The molecule has 2 aliphatic heterocycles. The Hall–Kier alpha value is -2.55. The molecule has 27 heavy (non-hydrogen) atoms. The number of hydrogen-bond donors (Lipinski definition) is 1. The average molecular weight is 390 g/mol. The first-order chi connectivity index (χ1) is 12.9. The van der Waals surface area contributed by atoms with Crippen LogP contribution < -0.4 is 9.46 Å². The number of fused-ring (bicyclic) bond motifs is 2. The van der Waals surface area contributed by atoms with Gasteiger partial charge in [-0.15, -0.1) is 0 Å². The molecule has 144 valence electrons. The molecule has 1 aromatic carbocycles. The van der Waals surface area contributed by atoms with Crippen LogP contribution in [-0.4, -0.2) is 48.0 Å². The molecule has 0 aliphatic carbocycles. The van der Waals surface area contributed by atoms with Gasteiger partial charge in [0.2, 0.25) is 0 Å². The molecule has 0 unspecified atom stereocenters. The number of aromatic nitrogens is 2. The monoisotopic (exact) mass is 390 g/mol. The molecule has 0 saturated carbocycles. The van der Waals surface area contributed by atoms with Crippen LogP contribution in [0.2, 0.25) is 0 Å². The SMILES string of the molecule is Cn1cnc(S(=O)(=O)Nc2ccc3c(c2)C(=O)N2CCCC[C@@H]2CCO3)c1.